The summed E-state index contributed by atoms with van der Waals surface area (Å²) >= 11 is 0. The van der Waals surface area contributed by atoms with Crippen molar-refractivity contribution in [1.29, 1.82) is 0 Å². The zero-order valence-electron chi connectivity index (χ0n) is 12.0. The van der Waals surface area contributed by atoms with Gasteiger partial charge in [0.25, 0.3) is 0 Å². The molecule has 2 aromatic carbocycles. The molecule has 0 aliphatic heterocycles. The van der Waals surface area contributed by atoms with E-state index in [0.29, 0.717) is 12.2 Å². The molecule has 4 heteroatoms. The van der Waals surface area contributed by atoms with Gasteiger partial charge in [-0.2, -0.15) is 0 Å². The highest BCUT2D eigenvalue weighted by Crippen LogP contribution is 2.16. The molecule has 21 heavy (non-hydrogen) atoms. The van der Waals surface area contributed by atoms with Gasteiger partial charge in [-0.05, 0) is 36.6 Å². The lowest BCUT2D eigenvalue weighted by atomic mass is 10.1. The number of rotatable bonds is 5. The number of nitrogens with one attached hydrogen (secondary N) is 2. The van der Waals surface area contributed by atoms with Crippen LogP contribution in [-0.2, 0) is 6.42 Å². The number of hydrogen-bond donors (Lipinski definition) is 3. The lowest BCUT2D eigenvalue weighted by Gasteiger charge is -2.10. The number of benzene rings is 2. The van der Waals surface area contributed by atoms with Crippen molar-refractivity contribution in [3.63, 3.8) is 0 Å². The molecule has 2 rings (SSSR count). The predicted octanol–water partition coefficient (Wildman–Crippen LogP) is 3.10. The van der Waals surface area contributed by atoms with Crippen molar-refractivity contribution in [2.75, 3.05) is 11.9 Å². The second-order valence-corrected chi connectivity index (χ2v) is 4.92. The molecule has 0 saturated carbocycles. The van der Waals surface area contributed by atoms with E-state index in [4.69, 9.17) is 0 Å². The number of anilines is 1. The van der Waals surface area contributed by atoms with Crippen LogP contribution in [-0.4, -0.2) is 17.7 Å². The number of aliphatic hydroxyl groups excluding tert-OH is 1. The summed E-state index contributed by atoms with van der Waals surface area (Å²) < 4.78 is 0. The Morgan fingerprint density at radius 1 is 1.14 bits per heavy atom. The van der Waals surface area contributed by atoms with Crippen molar-refractivity contribution in [3.05, 3.63) is 65.7 Å². The summed E-state index contributed by atoms with van der Waals surface area (Å²) in [6.45, 7) is 2.27. The monoisotopic (exact) mass is 284 g/mol. The Balaban J connectivity index is 1.80. The molecule has 0 radical (unpaired) electrons. The number of aliphatic hydroxyl groups is 1. The van der Waals surface area contributed by atoms with Crippen molar-refractivity contribution < 1.29 is 9.90 Å². The van der Waals surface area contributed by atoms with Crippen LogP contribution in [0.4, 0.5) is 10.5 Å². The summed E-state index contributed by atoms with van der Waals surface area (Å²) in [5, 5.41) is 15.1. The molecule has 0 spiro atoms. The van der Waals surface area contributed by atoms with E-state index in [2.05, 4.69) is 10.6 Å². The molecular formula is C17H20N2O2. The minimum absolute atomic E-state index is 0.242. The average Bonchev–Trinajstić information content (AvgIpc) is 2.48. The van der Waals surface area contributed by atoms with Gasteiger partial charge < -0.3 is 15.7 Å². The molecule has 0 fully saturated rings. The van der Waals surface area contributed by atoms with Gasteiger partial charge in [-0.25, -0.2) is 4.79 Å². The van der Waals surface area contributed by atoms with E-state index in [9.17, 15) is 9.90 Å². The summed E-state index contributed by atoms with van der Waals surface area (Å²) in [6.07, 6.45) is 0.245. The van der Waals surface area contributed by atoms with Crippen LogP contribution in [0.3, 0.4) is 0 Å². The van der Waals surface area contributed by atoms with E-state index < -0.39 is 6.10 Å². The third kappa shape index (κ3) is 4.93. The minimum Gasteiger partial charge on any atom is -0.389 e. The molecule has 0 aromatic heterocycles. The van der Waals surface area contributed by atoms with Crippen LogP contribution >= 0.6 is 0 Å². The Morgan fingerprint density at radius 3 is 2.62 bits per heavy atom. The quantitative estimate of drug-likeness (QED) is 0.790. The van der Waals surface area contributed by atoms with Gasteiger partial charge in [0, 0.05) is 12.2 Å². The fourth-order valence-electron chi connectivity index (χ4n) is 2.02. The van der Waals surface area contributed by atoms with Gasteiger partial charge in [0.1, 0.15) is 0 Å². The zero-order chi connectivity index (χ0) is 15.1. The van der Waals surface area contributed by atoms with E-state index in [1.807, 2.05) is 42.5 Å². The highest BCUT2D eigenvalue weighted by Gasteiger charge is 2.04. The maximum absolute atomic E-state index is 11.8. The number of carbonyl (C=O) groups excluding carboxylic acids is 1. The molecule has 1 unspecified atom stereocenters. The van der Waals surface area contributed by atoms with Crippen LogP contribution in [0.2, 0.25) is 0 Å². The third-order valence-electron chi connectivity index (χ3n) is 3.17. The average molecular weight is 284 g/mol. The van der Waals surface area contributed by atoms with Gasteiger partial charge in [0.15, 0.2) is 0 Å². The summed E-state index contributed by atoms with van der Waals surface area (Å²) in [4.78, 5) is 11.8. The Labute approximate surface area is 124 Å². The number of hydrogen-bond acceptors (Lipinski definition) is 2. The molecule has 1 atom stereocenters. The van der Waals surface area contributed by atoms with E-state index in [1.54, 1.807) is 19.1 Å². The zero-order valence-corrected chi connectivity index (χ0v) is 12.0. The maximum atomic E-state index is 11.8. The molecular weight excluding hydrogens is 264 g/mol. The van der Waals surface area contributed by atoms with E-state index in [-0.39, 0.29) is 6.03 Å². The molecule has 4 nitrogen and oxygen atoms in total. The topological polar surface area (TPSA) is 61.4 Å². The maximum Gasteiger partial charge on any atom is 0.319 e. The van der Waals surface area contributed by atoms with Crippen LogP contribution in [0.15, 0.2) is 54.6 Å². The van der Waals surface area contributed by atoms with Crippen molar-refractivity contribution in [3.8, 4) is 0 Å². The Kier molecular flexibility index (Phi) is 5.35. The Morgan fingerprint density at radius 2 is 1.90 bits per heavy atom. The van der Waals surface area contributed by atoms with Gasteiger partial charge >= 0.3 is 6.03 Å². The van der Waals surface area contributed by atoms with E-state index in [1.165, 1.54) is 5.56 Å². The molecule has 0 heterocycles. The summed E-state index contributed by atoms with van der Waals surface area (Å²) in [5.41, 5.74) is 2.64. The van der Waals surface area contributed by atoms with Gasteiger partial charge in [0.2, 0.25) is 0 Å². The predicted molar refractivity (Wildman–Crippen MR) is 84.2 cm³/mol. The number of carbonyl (C=O) groups is 1. The second-order valence-electron chi connectivity index (χ2n) is 4.92. The van der Waals surface area contributed by atoms with Crippen LogP contribution in [0.25, 0.3) is 0 Å². The van der Waals surface area contributed by atoms with Gasteiger partial charge in [-0.1, -0.05) is 42.5 Å². The van der Waals surface area contributed by atoms with Crippen molar-refractivity contribution in [1.82, 2.24) is 5.32 Å². The third-order valence-corrected chi connectivity index (χ3v) is 3.17. The SMILES string of the molecule is CC(O)c1cccc(NC(=O)NCCc2ccccc2)c1. The fourth-order valence-corrected chi connectivity index (χ4v) is 2.02. The van der Waals surface area contributed by atoms with Gasteiger partial charge in [-0.15, -0.1) is 0 Å². The normalized spacial score (nSPS) is 11.7. The first kappa shape index (κ1) is 15.1. The Bertz CT molecular complexity index is 582. The summed E-state index contributed by atoms with van der Waals surface area (Å²) in [6, 6.07) is 17.0. The van der Waals surface area contributed by atoms with Crippen molar-refractivity contribution in [2.24, 2.45) is 0 Å². The lowest BCUT2D eigenvalue weighted by molar-refractivity contribution is 0.199. The molecule has 0 aliphatic carbocycles. The molecule has 110 valence electrons. The molecule has 0 bridgehead atoms. The van der Waals surface area contributed by atoms with Gasteiger partial charge in [0.05, 0.1) is 6.10 Å². The van der Waals surface area contributed by atoms with E-state index in [0.717, 1.165) is 12.0 Å². The first-order valence-corrected chi connectivity index (χ1v) is 7.02. The van der Waals surface area contributed by atoms with Crippen LogP contribution in [0, 0.1) is 0 Å². The first-order chi connectivity index (χ1) is 10.1. The summed E-state index contributed by atoms with van der Waals surface area (Å²) in [7, 11) is 0. The van der Waals surface area contributed by atoms with Crippen LogP contribution in [0.5, 0.6) is 0 Å². The first-order valence-electron chi connectivity index (χ1n) is 7.02. The largest absolute Gasteiger partial charge is 0.389 e. The smallest absolute Gasteiger partial charge is 0.319 e. The molecule has 0 aliphatic rings. The second kappa shape index (κ2) is 7.45. The van der Waals surface area contributed by atoms with Crippen molar-refractivity contribution in [2.45, 2.75) is 19.4 Å². The molecule has 2 amide bonds. The highest BCUT2D eigenvalue weighted by molar-refractivity contribution is 5.89. The fraction of sp³-hybridized carbons (Fsp3) is 0.235. The lowest BCUT2D eigenvalue weighted by Crippen LogP contribution is -2.30. The van der Waals surface area contributed by atoms with E-state index >= 15 is 0 Å². The van der Waals surface area contributed by atoms with Gasteiger partial charge in [-0.3, -0.25) is 0 Å². The summed E-state index contributed by atoms with van der Waals surface area (Å²) in [5.74, 6) is 0. The van der Waals surface area contributed by atoms with Crippen molar-refractivity contribution >= 4 is 11.7 Å². The molecule has 3 N–H and O–H groups in total. The van der Waals surface area contributed by atoms with Crippen LogP contribution in [0.1, 0.15) is 24.2 Å². The highest BCUT2D eigenvalue weighted by atomic mass is 16.3. The number of amides is 2. The number of urea groups is 1. The molecule has 2 aromatic rings. The minimum atomic E-state index is -0.548. The Hall–Kier alpha value is -2.33. The standard InChI is InChI=1S/C17H20N2O2/c1-13(20)15-8-5-9-16(12-15)19-17(21)18-11-10-14-6-3-2-4-7-14/h2-9,12-13,20H,10-11H2,1H3,(H2,18,19,21). The molecule has 0 saturated heterocycles. The van der Waals surface area contributed by atoms with Crippen LogP contribution < -0.4 is 10.6 Å².